The number of amides is 1. The van der Waals surface area contributed by atoms with Crippen LogP contribution in [-0.2, 0) is 0 Å². The summed E-state index contributed by atoms with van der Waals surface area (Å²) in [4.78, 5) is 18.3. The molecule has 0 aromatic heterocycles. The third-order valence-corrected chi connectivity index (χ3v) is 3.68. The minimum Gasteiger partial charge on any atom is -0.336 e. The monoisotopic (exact) mass is 297 g/mol. The summed E-state index contributed by atoms with van der Waals surface area (Å²) in [5.41, 5.74) is -0.0573. The lowest BCUT2D eigenvalue weighted by molar-refractivity contribution is 0.0625. The Morgan fingerprint density at radius 2 is 1.86 bits per heavy atom. The highest BCUT2D eigenvalue weighted by Crippen LogP contribution is 2.14. The average molecular weight is 297 g/mol. The van der Waals surface area contributed by atoms with Gasteiger partial charge in [0.25, 0.3) is 5.91 Å². The van der Waals surface area contributed by atoms with Gasteiger partial charge in [-0.3, -0.25) is 9.69 Å². The number of piperazine rings is 1. The Morgan fingerprint density at radius 3 is 2.43 bits per heavy atom. The summed E-state index contributed by atoms with van der Waals surface area (Å²) in [6.45, 7) is 4.64. The van der Waals surface area contributed by atoms with Crippen LogP contribution in [0.1, 0.15) is 10.4 Å². The molecule has 2 rings (SSSR count). The highest BCUT2D eigenvalue weighted by atomic mass is 19.1. The zero-order valence-corrected chi connectivity index (χ0v) is 12.5. The molecule has 0 spiro atoms. The van der Waals surface area contributed by atoms with Crippen molar-refractivity contribution in [3.63, 3.8) is 0 Å². The van der Waals surface area contributed by atoms with E-state index in [0.29, 0.717) is 13.1 Å². The second kappa shape index (κ2) is 6.95. The molecular formula is C15H21F2N3O. The quantitative estimate of drug-likeness (QED) is 0.838. The largest absolute Gasteiger partial charge is 0.336 e. The highest BCUT2D eigenvalue weighted by Gasteiger charge is 2.24. The number of carbonyl (C=O) groups is 1. The molecule has 0 bridgehead atoms. The molecule has 0 N–H and O–H groups in total. The lowest BCUT2D eigenvalue weighted by Crippen LogP contribution is -2.50. The molecule has 1 aromatic carbocycles. The average Bonchev–Trinajstić information content (AvgIpc) is 2.45. The Labute approximate surface area is 123 Å². The summed E-state index contributed by atoms with van der Waals surface area (Å²) < 4.78 is 26.5. The molecule has 21 heavy (non-hydrogen) atoms. The predicted octanol–water partition coefficient (Wildman–Crippen LogP) is 1.28. The van der Waals surface area contributed by atoms with Crippen LogP contribution in [0.5, 0.6) is 0 Å². The molecule has 1 aliphatic heterocycles. The Morgan fingerprint density at radius 1 is 1.19 bits per heavy atom. The number of halogens is 2. The first-order valence-electron chi connectivity index (χ1n) is 7.09. The summed E-state index contributed by atoms with van der Waals surface area (Å²) in [7, 11) is 4.05. The zero-order chi connectivity index (χ0) is 15.4. The van der Waals surface area contributed by atoms with E-state index >= 15 is 0 Å². The molecule has 0 atom stereocenters. The number of benzene rings is 1. The number of rotatable bonds is 4. The molecular weight excluding hydrogens is 276 g/mol. The van der Waals surface area contributed by atoms with Crippen LogP contribution in [0.25, 0.3) is 0 Å². The van der Waals surface area contributed by atoms with Crippen molar-refractivity contribution < 1.29 is 13.6 Å². The van der Waals surface area contributed by atoms with Crippen LogP contribution in [-0.4, -0.2) is 74.0 Å². The molecule has 1 aliphatic rings. The van der Waals surface area contributed by atoms with Gasteiger partial charge in [-0.15, -0.1) is 0 Å². The molecule has 0 saturated carbocycles. The first-order chi connectivity index (χ1) is 9.97. The van der Waals surface area contributed by atoms with Gasteiger partial charge in [-0.25, -0.2) is 8.78 Å². The van der Waals surface area contributed by atoms with Gasteiger partial charge in [0.05, 0.1) is 5.56 Å². The van der Waals surface area contributed by atoms with Crippen LogP contribution < -0.4 is 0 Å². The van der Waals surface area contributed by atoms with E-state index in [-0.39, 0.29) is 11.5 Å². The maximum absolute atomic E-state index is 13.6. The molecule has 1 saturated heterocycles. The summed E-state index contributed by atoms with van der Waals surface area (Å²) >= 11 is 0. The lowest BCUT2D eigenvalue weighted by Gasteiger charge is -2.35. The second-order valence-corrected chi connectivity index (χ2v) is 5.56. The standard InChI is InChI=1S/C15H21F2N3O/c1-18(2)5-6-19-7-9-20(10-8-19)15(21)13-4-3-12(16)11-14(13)17/h3-4,11H,5-10H2,1-2H3. The van der Waals surface area contributed by atoms with Crippen LogP contribution in [0.2, 0.25) is 0 Å². The Kier molecular flexibility index (Phi) is 5.25. The van der Waals surface area contributed by atoms with Gasteiger partial charge in [0.15, 0.2) is 0 Å². The van der Waals surface area contributed by atoms with Crippen LogP contribution in [0.3, 0.4) is 0 Å². The minimum atomic E-state index is -0.796. The van der Waals surface area contributed by atoms with Gasteiger partial charge in [0, 0.05) is 45.3 Å². The summed E-state index contributed by atoms with van der Waals surface area (Å²) in [5, 5.41) is 0. The zero-order valence-electron chi connectivity index (χ0n) is 12.5. The van der Waals surface area contributed by atoms with Gasteiger partial charge in [-0.1, -0.05) is 0 Å². The maximum Gasteiger partial charge on any atom is 0.256 e. The van der Waals surface area contributed by atoms with Gasteiger partial charge >= 0.3 is 0 Å². The molecule has 1 heterocycles. The molecule has 6 heteroatoms. The molecule has 0 unspecified atom stereocenters. The van der Waals surface area contributed by atoms with E-state index in [4.69, 9.17) is 0 Å². The first-order valence-corrected chi connectivity index (χ1v) is 7.09. The first kappa shape index (κ1) is 15.9. The van der Waals surface area contributed by atoms with Gasteiger partial charge in [-0.2, -0.15) is 0 Å². The number of hydrogen-bond donors (Lipinski definition) is 0. The molecule has 4 nitrogen and oxygen atoms in total. The normalized spacial score (nSPS) is 16.5. The van der Waals surface area contributed by atoms with E-state index in [0.717, 1.165) is 38.3 Å². The topological polar surface area (TPSA) is 26.8 Å². The SMILES string of the molecule is CN(C)CCN1CCN(C(=O)c2ccc(F)cc2F)CC1. The fraction of sp³-hybridized carbons (Fsp3) is 0.533. The van der Waals surface area contributed by atoms with Gasteiger partial charge in [0.2, 0.25) is 0 Å². The van der Waals surface area contributed by atoms with Crippen molar-refractivity contribution in [2.24, 2.45) is 0 Å². The molecule has 1 fully saturated rings. The molecule has 0 radical (unpaired) electrons. The minimum absolute atomic E-state index is 0.0573. The van der Waals surface area contributed by atoms with Crippen LogP contribution >= 0.6 is 0 Å². The molecule has 1 aromatic rings. The van der Waals surface area contributed by atoms with E-state index in [9.17, 15) is 13.6 Å². The highest BCUT2D eigenvalue weighted by molar-refractivity contribution is 5.94. The van der Waals surface area contributed by atoms with Crippen molar-refractivity contribution in [1.29, 1.82) is 0 Å². The van der Waals surface area contributed by atoms with Crippen molar-refractivity contribution in [2.45, 2.75) is 0 Å². The van der Waals surface area contributed by atoms with E-state index in [1.54, 1.807) is 4.90 Å². The van der Waals surface area contributed by atoms with E-state index in [2.05, 4.69) is 9.80 Å². The van der Waals surface area contributed by atoms with Crippen molar-refractivity contribution in [3.8, 4) is 0 Å². The molecule has 0 aliphatic carbocycles. The fourth-order valence-electron chi connectivity index (χ4n) is 2.35. The van der Waals surface area contributed by atoms with E-state index < -0.39 is 11.6 Å². The summed E-state index contributed by atoms with van der Waals surface area (Å²) in [6, 6.07) is 3.08. The molecule has 1 amide bonds. The Hall–Kier alpha value is -1.53. The number of likely N-dealkylation sites (N-methyl/N-ethyl adjacent to an activating group) is 1. The fourth-order valence-corrected chi connectivity index (χ4v) is 2.35. The number of nitrogens with zero attached hydrogens (tertiary/aromatic N) is 3. The van der Waals surface area contributed by atoms with Crippen molar-refractivity contribution in [2.75, 3.05) is 53.4 Å². The Balaban J connectivity index is 1.91. The summed E-state index contributed by atoms with van der Waals surface area (Å²) in [5.74, 6) is -1.83. The van der Waals surface area contributed by atoms with E-state index in [1.807, 2.05) is 14.1 Å². The third-order valence-electron chi connectivity index (χ3n) is 3.68. The second-order valence-electron chi connectivity index (χ2n) is 5.56. The van der Waals surface area contributed by atoms with Crippen LogP contribution in [0, 0.1) is 11.6 Å². The molecule has 116 valence electrons. The van der Waals surface area contributed by atoms with Crippen LogP contribution in [0.4, 0.5) is 8.78 Å². The maximum atomic E-state index is 13.6. The number of carbonyl (C=O) groups excluding carboxylic acids is 1. The van der Waals surface area contributed by atoms with Gasteiger partial charge in [-0.05, 0) is 26.2 Å². The number of hydrogen-bond acceptors (Lipinski definition) is 3. The van der Waals surface area contributed by atoms with Crippen molar-refractivity contribution >= 4 is 5.91 Å². The smallest absolute Gasteiger partial charge is 0.256 e. The summed E-state index contributed by atoms with van der Waals surface area (Å²) in [6.07, 6.45) is 0. The van der Waals surface area contributed by atoms with Crippen LogP contribution in [0.15, 0.2) is 18.2 Å². The lowest BCUT2D eigenvalue weighted by atomic mass is 10.1. The Bertz CT molecular complexity index is 500. The van der Waals surface area contributed by atoms with Gasteiger partial charge in [0.1, 0.15) is 11.6 Å². The predicted molar refractivity (Wildman–Crippen MR) is 77.3 cm³/mol. The third kappa shape index (κ3) is 4.22. The van der Waals surface area contributed by atoms with Crippen molar-refractivity contribution in [1.82, 2.24) is 14.7 Å². The van der Waals surface area contributed by atoms with Gasteiger partial charge < -0.3 is 9.80 Å². The van der Waals surface area contributed by atoms with E-state index in [1.165, 1.54) is 6.07 Å². The van der Waals surface area contributed by atoms with Crippen molar-refractivity contribution in [3.05, 3.63) is 35.4 Å².